The standard InChI is InChI=1S/C21H16F2N8/c22-13-3-1-2-11(8-13)16-12(9-15(23)14-5-7-28-31-17(14)16)4-6-25-19-18-20(27-10-26-18)30-21(24)29-19/h1-3,5,7-10H,4,6H2,(H4,24,25,26,27,29,30). The molecule has 3 heterocycles. The van der Waals surface area contributed by atoms with Crippen molar-refractivity contribution in [1.29, 1.82) is 0 Å². The van der Waals surface area contributed by atoms with Crippen LogP contribution in [0.25, 0.3) is 33.2 Å². The Balaban J connectivity index is 1.53. The second-order valence-electron chi connectivity index (χ2n) is 6.90. The SMILES string of the molecule is Nc1nc(NCCc2cc(F)c3ccnnc3c2-c2cccc(F)c2)c2[nH]cnc2n1. The number of anilines is 2. The fourth-order valence-electron chi connectivity index (χ4n) is 3.62. The summed E-state index contributed by atoms with van der Waals surface area (Å²) in [4.78, 5) is 15.3. The number of imidazole rings is 1. The number of hydrogen-bond donors (Lipinski definition) is 3. The molecule has 31 heavy (non-hydrogen) atoms. The van der Waals surface area contributed by atoms with E-state index in [0.29, 0.717) is 57.5 Å². The first kappa shape index (κ1) is 18.8. The van der Waals surface area contributed by atoms with Crippen molar-refractivity contribution >= 4 is 33.8 Å². The van der Waals surface area contributed by atoms with Gasteiger partial charge in [-0.25, -0.2) is 13.8 Å². The third-order valence-corrected chi connectivity index (χ3v) is 4.94. The van der Waals surface area contributed by atoms with Gasteiger partial charge in [-0.1, -0.05) is 12.1 Å². The lowest BCUT2D eigenvalue weighted by molar-refractivity contribution is 0.628. The Labute approximate surface area is 174 Å². The number of nitrogens with one attached hydrogen (secondary N) is 2. The van der Waals surface area contributed by atoms with E-state index in [1.165, 1.54) is 30.7 Å². The van der Waals surface area contributed by atoms with E-state index in [-0.39, 0.29) is 11.8 Å². The maximum Gasteiger partial charge on any atom is 0.224 e. The van der Waals surface area contributed by atoms with Crippen LogP contribution in [0.5, 0.6) is 0 Å². The summed E-state index contributed by atoms with van der Waals surface area (Å²) in [5.74, 6) is -0.216. The Hall–Kier alpha value is -4.21. The molecular weight excluding hydrogens is 402 g/mol. The first-order chi connectivity index (χ1) is 15.1. The lowest BCUT2D eigenvalue weighted by atomic mass is 9.94. The van der Waals surface area contributed by atoms with Gasteiger partial charge in [-0.2, -0.15) is 15.1 Å². The minimum absolute atomic E-state index is 0.0922. The maximum atomic E-state index is 14.8. The van der Waals surface area contributed by atoms with Crippen LogP contribution in [0.1, 0.15) is 5.56 Å². The zero-order valence-corrected chi connectivity index (χ0v) is 16.1. The van der Waals surface area contributed by atoms with Crippen LogP contribution in [0.4, 0.5) is 20.5 Å². The number of fused-ring (bicyclic) bond motifs is 2. The minimum atomic E-state index is -0.415. The molecule has 3 aromatic heterocycles. The van der Waals surface area contributed by atoms with Crippen molar-refractivity contribution in [3.05, 3.63) is 66.1 Å². The summed E-state index contributed by atoms with van der Waals surface area (Å²) in [5.41, 5.74) is 9.09. The lowest BCUT2D eigenvalue weighted by Crippen LogP contribution is -2.10. The Bertz CT molecular complexity index is 1420. The molecule has 10 heteroatoms. The van der Waals surface area contributed by atoms with E-state index >= 15 is 0 Å². The fourth-order valence-corrected chi connectivity index (χ4v) is 3.62. The summed E-state index contributed by atoms with van der Waals surface area (Å²) >= 11 is 0. The van der Waals surface area contributed by atoms with E-state index < -0.39 is 5.82 Å². The zero-order valence-electron chi connectivity index (χ0n) is 16.1. The molecule has 0 amide bonds. The molecule has 0 fully saturated rings. The van der Waals surface area contributed by atoms with E-state index in [4.69, 9.17) is 5.73 Å². The average molecular weight is 418 g/mol. The van der Waals surface area contributed by atoms with Gasteiger partial charge in [-0.05, 0) is 41.8 Å². The second-order valence-corrected chi connectivity index (χ2v) is 6.90. The maximum absolute atomic E-state index is 14.8. The molecule has 0 saturated heterocycles. The number of hydrogen-bond acceptors (Lipinski definition) is 7. The van der Waals surface area contributed by atoms with Crippen molar-refractivity contribution in [2.45, 2.75) is 6.42 Å². The second kappa shape index (κ2) is 7.56. The topological polar surface area (TPSA) is 118 Å². The summed E-state index contributed by atoms with van der Waals surface area (Å²) in [6.07, 6.45) is 3.34. The number of H-pyrrole nitrogens is 1. The third-order valence-electron chi connectivity index (χ3n) is 4.94. The number of aromatic nitrogens is 6. The molecule has 0 unspecified atom stereocenters. The van der Waals surface area contributed by atoms with Crippen LogP contribution in [0, 0.1) is 11.6 Å². The van der Waals surface area contributed by atoms with Crippen LogP contribution >= 0.6 is 0 Å². The van der Waals surface area contributed by atoms with Crippen molar-refractivity contribution in [3.8, 4) is 11.1 Å². The van der Waals surface area contributed by atoms with Crippen molar-refractivity contribution in [1.82, 2.24) is 30.1 Å². The molecule has 8 nitrogen and oxygen atoms in total. The number of nitrogen functional groups attached to an aromatic ring is 1. The van der Waals surface area contributed by atoms with E-state index in [0.717, 1.165) is 0 Å². The highest BCUT2D eigenvalue weighted by Crippen LogP contribution is 2.33. The van der Waals surface area contributed by atoms with Gasteiger partial charge < -0.3 is 16.0 Å². The quantitative estimate of drug-likeness (QED) is 0.400. The number of halogens is 2. The van der Waals surface area contributed by atoms with Crippen molar-refractivity contribution < 1.29 is 8.78 Å². The monoisotopic (exact) mass is 418 g/mol. The number of nitrogens with two attached hydrogens (primary N) is 1. The molecule has 0 radical (unpaired) electrons. The number of benzene rings is 2. The van der Waals surface area contributed by atoms with E-state index in [1.54, 1.807) is 18.2 Å². The molecule has 0 spiro atoms. The van der Waals surface area contributed by atoms with Crippen molar-refractivity contribution in [2.75, 3.05) is 17.6 Å². The largest absolute Gasteiger partial charge is 0.368 e. The van der Waals surface area contributed by atoms with Crippen molar-refractivity contribution in [3.63, 3.8) is 0 Å². The summed E-state index contributed by atoms with van der Waals surface area (Å²) in [6.45, 7) is 0.401. The van der Waals surface area contributed by atoms with E-state index in [2.05, 4.69) is 35.5 Å². The average Bonchev–Trinajstić information content (AvgIpc) is 3.22. The van der Waals surface area contributed by atoms with Gasteiger partial charge in [-0.3, -0.25) is 0 Å². The predicted molar refractivity (Wildman–Crippen MR) is 113 cm³/mol. The molecule has 0 aliphatic heterocycles. The normalized spacial score (nSPS) is 11.3. The first-order valence-corrected chi connectivity index (χ1v) is 9.49. The van der Waals surface area contributed by atoms with Crippen LogP contribution in [-0.4, -0.2) is 36.7 Å². The highest BCUT2D eigenvalue weighted by molar-refractivity contribution is 5.95. The van der Waals surface area contributed by atoms with Crippen LogP contribution in [0.15, 0.2) is 48.9 Å². The molecule has 2 aromatic carbocycles. The summed E-state index contributed by atoms with van der Waals surface area (Å²) in [5, 5.41) is 11.6. The number of rotatable bonds is 5. The highest BCUT2D eigenvalue weighted by atomic mass is 19.1. The Morgan fingerprint density at radius 2 is 2.00 bits per heavy atom. The van der Waals surface area contributed by atoms with E-state index in [9.17, 15) is 8.78 Å². The minimum Gasteiger partial charge on any atom is -0.368 e. The predicted octanol–water partition coefficient (Wildman–Crippen LogP) is 3.48. The van der Waals surface area contributed by atoms with Gasteiger partial charge in [0.1, 0.15) is 22.7 Å². The number of nitrogens with zero attached hydrogens (tertiary/aromatic N) is 5. The zero-order chi connectivity index (χ0) is 21.4. The van der Waals surface area contributed by atoms with Crippen LogP contribution in [-0.2, 0) is 6.42 Å². The van der Waals surface area contributed by atoms with Gasteiger partial charge in [0.05, 0.1) is 12.5 Å². The summed E-state index contributed by atoms with van der Waals surface area (Å²) < 4.78 is 28.7. The van der Waals surface area contributed by atoms with Gasteiger partial charge in [0.25, 0.3) is 0 Å². The van der Waals surface area contributed by atoms with Crippen LogP contribution in [0.3, 0.4) is 0 Å². The van der Waals surface area contributed by atoms with Gasteiger partial charge in [0.15, 0.2) is 11.5 Å². The van der Waals surface area contributed by atoms with Gasteiger partial charge >= 0.3 is 0 Å². The van der Waals surface area contributed by atoms with Crippen LogP contribution < -0.4 is 11.1 Å². The van der Waals surface area contributed by atoms with Gasteiger partial charge in [0, 0.05) is 17.5 Å². The van der Waals surface area contributed by atoms with Gasteiger partial charge in [0.2, 0.25) is 5.95 Å². The molecule has 0 saturated carbocycles. The molecular formula is C21H16F2N8. The molecule has 5 aromatic rings. The lowest BCUT2D eigenvalue weighted by Gasteiger charge is -2.14. The molecule has 154 valence electrons. The fraction of sp³-hybridized carbons (Fsp3) is 0.0952. The molecule has 4 N–H and O–H groups in total. The molecule has 0 aliphatic rings. The van der Waals surface area contributed by atoms with Crippen molar-refractivity contribution in [2.24, 2.45) is 0 Å². The molecule has 0 atom stereocenters. The van der Waals surface area contributed by atoms with Crippen LogP contribution in [0.2, 0.25) is 0 Å². The molecule has 0 aliphatic carbocycles. The highest BCUT2D eigenvalue weighted by Gasteiger charge is 2.16. The smallest absolute Gasteiger partial charge is 0.224 e. The Kier molecular flexibility index (Phi) is 4.58. The first-order valence-electron chi connectivity index (χ1n) is 9.49. The molecule has 0 bridgehead atoms. The summed E-state index contributed by atoms with van der Waals surface area (Å²) in [6, 6.07) is 9.14. The number of aromatic amines is 1. The summed E-state index contributed by atoms with van der Waals surface area (Å²) in [7, 11) is 0. The molecule has 5 rings (SSSR count). The van der Waals surface area contributed by atoms with E-state index in [1.807, 2.05) is 0 Å². The van der Waals surface area contributed by atoms with Gasteiger partial charge in [-0.15, -0.1) is 5.10 Å². The Morgan fingerprint density at radius 3 is 2.87 bits per heavy atom. The third kappa shape index (κ3) is 3.48. The Morgan fingerprint density at radius 1 is 1.10 bits per heavy atom.